The minimum atomic E-state index is -0.362. The Morgan fingerprint density at radius 3 is 2.81 bits per heavy atom. The van der Waals surface area contributed by atoms with Crippen LogP contribution in [0.25, 0.3) is 10.2 Å². The van der Waals surface area contributed by atoms with Gasteiger partial charge in [0.1, 0.15) is 4.83 Å². The van der Waals surface area contributed by atoms with E-state index in [0.29, 0.717) is 28.5 Å². The molecule has 0 fully saturated rings. The average Bonchev–Trinajstić information content (AvgIpc) is 3.13. The number of hydrogen-bond acceptors (Lipinski definition) is 5. The molecule has 1 atom stereocenters. The Balaban J connectivity index is 1.81. The number of carbonyl (C=O) groups excluding carboxylic acids is 1. The third kappa shape index (κ3) is 4.31. The number of benzene rings is 1. The molecule has 2 heterocycles. The standard InChI is InChI=1S/C20H21N3O2S2/c1-4-11-23-19(25)16-10-12-26-17(16)21-20(23)27-14(2)18(24)22(3)13-15-8-6-5-7-9-15/h4-10,12,14H,1,11,13H2,2-3H3. The number of fused-ring (bicyclic) bond motifs is 1. The highest BCUT2D eigenvalue weighted by molar-refractivity contribution is 8.00. The summed E-state index contributed by atoms with van der Waals surface area (Å²) < 4.78 is 1.58. The van der Waals surface area contributed by atoms with Crippen LogP contribution < -0.4 is 5.56 Å². The molecule has 0 aliphatic carbocycles. The minimum Gasteiger partial charge on any atom is -0.340 e. The van der Waals surface area contributed by atoms with Crippen LogP contribution in [0.1, 0.15) is 12.5 Å². The van der Waals surface area contributed by atoms with E-state index in [0.717, 1.165) is 5.56 Å². The summed E-state index contributed by atoms with van der Waals surface area (Å²) in [7, 11) is 1.79. The topological polar surface area (TPSA) is 55.2 Å². The highest BCUT2D eigenvalue weighted by Gasteiger charge is 2.22. The van der Waals surface area contributed by atoms with E-state index in [-0.39, 0.29) is 16.7 Å². The fourth-order valence-electron chi connectivity index (χ4n) is 2.76. The third-order valence-electron chi connectivity index (χ3n) is 4.13. The van der Waals surface area contributed by atoms with Gasteiger partial charge in [0, 0.05) is 20.1 Å². The largest absolute Gasteiger partial charge is 0.340 e. The van der Waals surface area contributed by atoms with Gasteiger partial charge < -0.3 is 4.90 Å². The molecule has 0 aliphatic heterocycles. The van der Waals surface area contributed by atoms with E-state index >= 15 is 0 Å². The van der Waals surface area contributed by atoms with Gasteiger partial charge in [-0.25, -0.2) is 4.98 Å². The van der Waals surface area contributed by atoms with Crippen LogP contribution >= 0.6 is 23.1 Å². The van der Waals surface area contributed by atoms with E-state index in [2.05, 4.69) is 11.6 Å². The van der Waals surface area contributed by atoms with Crippen LogP contribution in [0.4, 0.5) is 0 Å². The molecule has 7 heteroatoms. The van der Waals surface area contributed by atoms with Crippen molar-refractivity contribution in [2.24, 2.45) is 0 Å². The molecule has 2 aromatic heterocycles. The maximum absolute atomic E-state index is 12.8. The number of rotatable bonds is 7. The van der Waals surface area contributed by atoms with Gasteiger partial charge in [-0.1, -0.05) is 48.2 Å². The Kier molecular flexibility index (Phi) is 6.13. The zero-order chi connectivity index (χ0) is 19.4. The van der Waals surface area contributed by atoms with E-state index in [4.69, 9.17) is 0 Å². The summed E-state index contributed by atoms with van der Waals surface area (Å²) >= 11 is 2.74. The number of aromatic nitrogens is 2. The van der Waals surface area contributed by atoms with Crippen molar-refractivity contribution in [2.45, 2.75) is 30.4 Å². The van der Waals surface area contributed by atoms with Crippen LogP contribution in [-0.2, 0) is 17.9 Å². The van der Waals surface area contributed by atoms with Crippen molar-refractivity contribution >= 4 is 39.2 Å². The van der Waals surface area contributed by atoms with Crippen molar-refractivity contribution in [1.82, 2.24) is 14.5 Å². The van der Waals surface area contributed by atoms with Crippen molar-refractivity contribution in [3.8, 4) is 0 Å². The van der Waals surface area contributed by atoms with Crippen molar-refractivity contribution in [2.75, 3.05) is 7.05 Å². The van der Waals surface area contributed by atoms with Gasteiger partial charge in [0.15, 0.2) is 5.16 Å². The van der Waals surface area contributed by atoms with Crippen LogP contribution in [0.3, 0.4) is 0 Å². The molecular formula is C20H21N3O2S2. The summed E-state index contributed by atoms with van der Waals surface area (Å²) in [6.45, 7) is 6.48. The lowest BCUT2D eigenvalue weighted by atomic mass is 10.2. The van der Waals surface area contributed by atoms with E-state index in [1.807, 2.05) is 42.6 Å². The zero-order valence-corrected chi connectivity index (χ0v) is 16.9. The van der Waals surface area contributed by atoms with E-state index < -0.39 is 0 Å². The monoisotopic (exact) mass is 399 g/mol. The van der Waals surface area contributed by atoms with Gasteiger partial charge in [0.2, 0.25) is 5.91 Å². The normalized spacial score (nSPS) is 12.1. The number of thioether (sulfide) groups is 1. The number of allylic oxidation sites excluding steroid dienone is 1. The average molecular weight is 400 g/mol. The Morgan fingerprint density at radius 2 is 2.11 bits per heavy atom. The second-order valence-corrected chi connectivity index (χ2v) is 8.38. The smallest absolute Gasteiger partial charge is 0.263 e. The lowest BCUT2D eigenvalue weighted by Gasteiger charge is -2.21. The predicted octanol–water partition coefficient (Wildman–Crippen LogP) is 3.78. The molecule has 1 unspecified atom stereocenters. The second-order valence-electron chi connectivity index (χ2n) is 6.18. The van der Waals surface area contributed by atoms with Crippen molar-refractivity contribution < 1.29 is 4.79 Å². The quantitative estimate of drug-likeness (QED) is 0.345. The molecular weight excluding hydrogens is 378 g/mol. The summed E-state index contributed by atoms with van der Waals surface area (Å²) in [5.41, 5.74) is 0.980. The van der Waals surface area contributed by atoms with Gasteiger partial charge in [-0.05, 0) is 23.9 Å². The van der Waals surface area contributed by atoms with Gasteiger partial charge >= 0.3 is 0 Å². The van der Waals surface area contributed by atoms with Gasteiger partial charge in [0.25, 0.3) is 5.56 Å². The zero-order valence-electron chi connectivity index (χ0n) is 15.3. The Labute approximate surface area is 166 Å². The molecule has 0 saturated carbocycles. The maximum Gasteiger partial charge on any atom is 0.263 e. The number of hydrogen-bond donors (Lipinski definition) is 0. The summed E-state index contributed by atoms with van der Waals surface area (Å²) in [4.78, 5) is 32.5. The minimum absolute atomic E-state index is 0.00506. The molecule has 0 saturated heterocycles. The number of thiophene rings is 1. The maximum atomic E-state index is 12.8. The molecule has 27 heavy (non-hydrogen) atoms. The van der Waals surface area contributed by atoms with E-state index in [1.54, 1.807) is 28.7 Å². The summed E-state index contributed by atoms with van der Waals surface area (Å²) in [6.07, 6.45) is 1.67. The Hall–Kier alpha value is -2.38. The molecule has 3 aromatic rings. The lowest BCUT2D eigenvalue weighted by molar-refractivity contribution is -0.129. The van der Waals surface area contributed by atoms with Gasteiger partial charge in [-0.3, -0.25) is 14.2 Å². The molecule has 3 rings (SSSR count). The first-order valence-electron chi connectivity index (χ1n) is 8.55. The highest BCUT2D eigenvalue weighted by atomic mass is 32.2. The third-order valence-corrected chi connectivity index (χ3v) is 6.01. The molecule has 0 radical (unpaired) electrons. The molecule has 0 bridgehead atoms. The Morgan fingerprint density at radius 1 is 1.37 bits per heavy atom. The lowest BCUT2D eigenvalue weighted by Crippen LogP contribution is -2.33. The summed E-state index contributed by atoms with van der Waals surface area (Å²) in [5, 5.41) is 2.64. The fourth-order valence-corrected chi connectivity index (χ4v) is 4.60. The van der Waals surface area contributed by atoms with E-state index in [9.17, 15) is 9.59 Å². The van der Waals surface area contributed by atoms with Gasteiger partial charge in [-0.2, -0.15) is 0 Å². The van der Waals surface area contributed by atoms with Crippen molar-refractivity contribution in [3.05, 3.63) is 70.4 Å². The number of amides is 1. The van der Waals surface area contributed by atoms with Crippen LogP contribution in [0.5, 0.6) is 0 Å². The first-order valence-corrected chi connectivity index (χ1v) is 10.3. The van der Waals surface area contributed by atoms with E-state index in [1.165, 1.54) is 23.1 Å². The Bertz CT molecular complexity index is 1010. The predicted molar refractivity (Wildman–Crippen MR) is 112 cm³/mol. The molecule has 1 aromatic carbocycles. The van der Waals surface area contributed by atoms with Crippen LogP contribution in [0, 0.1) is 0 Å². The highest BCUT2D eigenvalue weighted by Crippen LogP contribution is 2.25. The second kappa shape index (κ2) is 8.54. The summed E-state index contributed by atoms with van der Waals surface area (Å²) in [5.74, 6) is -0.00506. The van der Waals surface area contributed by atoms with Crippen molar-refractivity contribution in [1.29, 1.82) is 0 Å². The van der Waals surface area contributed by atoms with Crippen LogP contribution in [0.2, 0.25) is 0 Å². The SMILES string of the molecule is C=CCn1c(SC(C)C(=O)N(C)Cc2ccccc2)nc2sccc2c1=O. The molecule has 1 amide bonds. The number of carbonyl (C=O) groups is 1. The molecule has 0 aliphatic rings. The van der Waals surface area contributed by atoms with Crippen LogP contribution in [-0.4, -0.2) is 32.7 Å². The molecule has 5 nitrogen and oxygen atoms in total. The molecule has 0 N–H and O–H groups in total. The van der Waals surface area contributed by atoms with Gasteiger partial charge in [-0.15, -0.1) is 17.9 Å². The molecule has 140 valence electrons. The summed E-state index contributed by atoms with van der Waals surface area (Å²) in [6, 6.07) is 11.6. The molecule has 0 spiro atoms. The first kappa shape index (κ1) is 19.4. The number of nitrogens with zero attached hydrogens (tertiary/aromatic N) is 3. The van der Waals surface area contributed by atoms with Gasteiger partial charge in [0.05, 0.1) is 10.6 Å². The first-order chi connectivity index (χ1) is 13.0. The van der Waals surface area contributed by atoms with Crippen LogP contribution in [0.15, 0.2) is 64.4 Å². The van der Waals surface area contributed by atoms with Crippen molar-refractivity contribution in [3.63, 3.8) is 0 Å². The fraction of sp³-hybridized carbons (Fsp3) is 0.250.